The number of benzene rings is 1. The van der Waals surface area contributed by atoms with E-state index in [1.54, 1.807) is 7.11 Å². The second-order valence-corrected chi connectivity index (χ2v) is 6.10. The molecule has 0 amide bonds. The molecule has 6 nitrogen and oxygen atoms in total. The average molecular weight is 319 g/mol. The number of carboxylic acids is 1. The third-order valence-corrected chi connectivity index (χ3v) is 4.68. The first-order chi connectivity index (χ1) is 11.1. The van der Waals surface area contributed by atoms with Crippen LogP contribution in [-0.4, -0.2) is 43.2 Å². The average Bonchev–Trinajstić information content (AvgIpc) is 3.04. The predicted octanol–water partition coefficient (Wildman–Crippen LogP) is 2.46. The first-order valence-electron chi connectivity index (χ1n) is 7.81. The molecule has 2 aliphatic rings. The number of oxime groups is 1. The van der Waals surface area contributed by atoms with Gasteiger partial charge in [-0.25, -0.2) is 0 Å². The molecule has 23 heavy (non-hydrogen) atoms. The van der Waals surface area contributed by atoms with Gasteiger partial charge in [-0.3, -0.25) is 4.79 Å². The highest BCUT2D eigenvalue weighted by Gasteiger charge is 2.43. The lowest BCUT2D eigenvalue weighted by Gasteiger charge is -2.34. The first-order valence-corrected chi connectivity index (χ1v) is 7.81. The molecule has 1 aromatic carbocycles. The van der Waals surface area contributed by atoms with Crippen LogP contribution in [0.5, 0.6) is 5.75 Å². The highest BCUT2D eigenvalue weighted by atomic mass is 16.6. The number of rotatable bonds is 5. The van der Waals surface area contributed by atoms with Crippen LogP contribution in [0.3, 0.4) is 0 Å². The fourth-order valence-electron chi connectivity index (χ4n) is 3.19. The Balaban J connectivity index is 1.65. The van der Waals surface area contributed by atoms with Crippen molar-refractivity contribution < 1.29 is 24.2 Å². The Labute approximate surface area is 135 Å². The molecule has 1 N–H and O–H groups in total. The normalized spacial score (nSPS) is 23.0. The van der Waals surface area contributed by atoms with Crippen LogP contribution in [0.1, 0.15) is 31.2 Å². The third kappa shape index (κ3) is 3.32. The van der Waals surface area contributed by atoms with Crippen molar-refractivity contribution in [1.29, 1.82) is 0 Å². The molecule has 124 valence electrons. The maximum absolute atomic E-state index is 11.7. The molecular formula is C17H21NO5. The number of methoxy groups -OCH3 is 1. The lowest BCUT2D eigenvalue weighted by molar-refractivity contribution is -0.158. The van der Waals surface area contributed by atoms with Gasteiger partial charge in [-0.2, -0.15) is 0 Å². The summed E-state index contributed by atoms with van der Waals surface area (Å²) in [7, 11) is 1.63. The lowest BCUT2D eigenvalue weighted by atomic mass is 9.75. The number of carboxylic acid groups (broad SMARTS) is 1. The van der Waals surface area contributed by atoms with Crippen molar-refractivity contribution in [2.75, 3.05) is 20.3 Å². The summed E-state index contributed by atoms with van der Waals surface area (Å²) in [5.74, 6) is 0.0270. The van der Waals surface area contributed by atoms with Crippen molar-refractivity contribution in [2.24, 2.45) is 10.6 Å². The monoisotopic (exact) mass is 319 g/mol. The van der Waals surface area contributed by atoms with E-state index in [0.29, 0.717) is 38.9 Å². The highest BCUT2D eigenvalue weighted by molar-refractivity contribution is 6.01. The molecule has 0 aliphatic carbocycles. The summed E-state index contributed by atoms with van der Waals surface area (Å²) in [5, 5.41) is 13.8. The first kappa shape index (κ1) is 15.8. The molecule has 1 fully saturated rings. The molecule has 0 aromatic heterocycles. The van der Waals surface area contributed by atoms with E-state index in [1.807, 2.05) is 24.3 Å². The number of ether oxygens (including phenoxy) is 2. The van der Waals surface area contributed by atoms with Gasteiger partial charge >= 0.3 is 5.97 Å². The van der Waals surface area contributed by atoms with Crippen LogP contribution >= 0.6 is 0 Å². The zero-order chi connectivity index (χ0) is 16.3. The van der Waals surface area contributed by atoms with Crippen molar-refractivity contribution in [3.8, 4) is 5.75 Å². The van der Waals surface area contributed by atoms with E-state index >= 15 is 0 Å². The molecule has 2 heterocycles. The van der Waals surface area contributed by atoms with E-state index in [1.165, 1.54) is 0 Å². The summed E-state index contributed by atoms with van der Waals surface area (Å²) in [6, 6.07) is 7.63. The van der Waals surface area contributed by atoms with Crippen LogP contribution in [-0.2, 0) is 14.4 Å². The molecule has 0 saturated carbocycles. The largest absolute Gasteiger partial charge is 0.497 e. The van der Waals surface area contributed by atoms with Crippen molar-refractivity contribution in [3.05, 3.63) is 29.8 Å². The summed E-state index contributed by atoms with van der Waals surface area (Å²) in [4.78, 5) is 17.2. The Kier molecular flexibility index (Phi) is 4.52. The van der Waals surface area contributed by atoms with Crippen LogP contribution in [0.2, 0.25) is 0 Å². The van der Waals surface area contributed by atoms with E-state index in [4.69, 9.17) is 14.3 Å². The van der Waals surface area contributed by atoms with Gasteiger partial charge in [0, 0.05) is 26.1 Å². The van der Waals surface area contributed by atoms with Gasteiger partial charge in [-0.1, -0.05) is 5.16 Å². The summed E-state index contributed by atoms with van der Waals surface area (Å²) < 4.78 is 10.5. The van der Waals surface area contributed by atoms with E-state index in [2.05, 4.69) is 5.16 Å². The number of hydrogen-bond donors (Lipinski definition) is 1. The quantitative estimate of drug-likeness (QED) is 0.902. The second-order valence-electron chi connectivity index (χ2n) is 6.10. The van der Waals surface area contributed by atoms with E-state index in [9.17, 15) is 9.90 Å². The number of hydrogen-bond acceptors (Lipinski definition) is 5. The van der Waals surface area contributed by atoms with E-state index in [0.717, 1.165) is 17.0 Å². The van der Waals surface area contributed by atoms with Crippen molar-refractivity contribution in [2.45, 2.75) is 31.8 Å². The van der Waals surface area contributed by atoms with Crippen molar-refractivity contribution >= 4 is 11.7 Å². The van der Waals surface area contributed by atoms with Crippen LogP contribution in [0.25, 0.3) is 0 Å². The zero-order valence-electron chi connectivity index (χ0n) is 13.2. The van der Waals surface area contributed by atoms with Gasteiger partial charge < -0.3 is 19.4 Å². The van der Waals surface area contributed by atoms with Gasteiger partial charge in [-0.05, 0) is 42.7 Å². The molecule has 0 bridgehead atoms. The van der Waals surface area contributed by atoms with Crippen LogP contribution in [0.15, 0.2) is 29.4 Å². The predicted molar refractivity (Wildman–Crippen MR) is 83.8 cm³/mol. The van der Waals surface area contributed by atoms with Gasteiger partial charge in [0.25, 0.3) is 0 Å². The van der Waals surface area contributed by atoms with Gasteiger partial charge in [0.05, 0.1) is 18.2 Å². The fraction of sp³-hybridized carbons (Fsp3) is 0.529. The van der Waals surface area contributed by atoms with E-state index < -0.39 is 11.4 Å². The SMILES string of the molecule is COc1ccc(C2=NO[C@@H](CC3(C(=O)O)CCOCC3)C2)cc1. The molecule has 1 saturated heterocycles. The Morgan fingerprint density at radius 3 is 2.65 bits per heavy atom. The lowest BCUT2D eigenvalue weighted by Crippen LogP contribution is -2.40. The van der Waals surface area contributed by atoms with Crippen LogP contribution in [0, 0.1) is 5.41 Å². The molecule has 6 heteroatoms. The minimum Gasteiger partial charge on any atom is -0.497 e. The second kappa shape index (κ2) is 6.58. The Morgan fingerprint density at radius 1 is 1.35 bits per heavy atom. The van der Waals surface area contributed by atoms with E-state index in [-0.39, 0.29) is 6.10 Å². The summed E-state index contributed by atoms with van der Waals surface area (Å²) in [5.41, 5.74) is 1.07. The molecule has 1 aromatic rings. The van der Waals surface area contributed by atoms with Gasteiger partial charge in [-0.15, -0.1) is 0 Å². The van der Waals surface area contributed by atoms with Gasteiger partial charge in [0.2, 0.25) is 0 Å². The van der Waals surface area contributed by atoms with Gasteiger partial charge in [0.15, 0.2) is 0 Å². The van der Waals surface area contributed by atoms with Crippen LogP contribution < -0.4 is 4.74 Å². The maximum Gasteiger partial charge on any atom is 0.309 e. The molecule has 0 unspecified atom stereocenters. The number of aliphatic carboxylic acids is 1. The van der Waals surface area contributed by atoms with Crippen molar-refractivity contribution in [3.63, 3.8) is 0 Å². The number of nitrogens with zero attached hydrogens (tertiary/aromatic N) is 1. The topological polar surface area (TPSA) is 77.4 Å². The Hall–Kier alpha value is -2.08. The molecule has 1 atom stereocenters. The third-order valence-electron chi connectivity index (χ3n) is 4.68. The fourth-order valence-corrected chi connectivity index (χ4v) is 3.19. The molecule has 3 rings (SSSR count). The highest BCUT2D eigenvalue weighted by Crippen LogP contribution is 2.38. The van der Waals surface area contributed by atoms with Crippen molar-refractivity contribution in [1.82, 2.24) is 0 Å². The summed E-state index contributed by atoms with van der Waals surface area (Å²) >= 11 is 0. The summed E-state index contributed by atoms with van der Waals surface area (Å²) in [6.07, 6.45) is 1.96. The van der Waals surface area contributed by atoms with Gasteiger partial charge in [0.1, 0.15) is 11.9 Å². The molecule has 2 aliphatic heterocycles. The zero-order valence-corrected chi connectivity index (χ0v) is 13.2. The van der Waals surface area contributed by atoms with Crippen LogP contribution in [0.4, 0.5) is 0 Å². The summed E-state index contributed by atoms with van der Waals surface area (Å²) in [6.45, 7) is 0.983. The molecule has 0 radical (unpaired) electrons. The smallest absolute Gasteiger partial charge is 0.309 e. The Morgan fingerprint density at radius 2 is 2.04 bits per heavy atom. The minimum absolute atomic E-state index is 0.193. The Bertz CT molecular complexity index is 590. The molecular weight excluding hydrogens is 298 g/mol. The maximum atomic E-state index is 11.7. The minimum atomic E-state index is -0.762. The molecule has 0 spiro atoms. The number of carbonyl (C=O) groups is 1. The standard InChI is InChI=1S/C17H21NO5/c1-21-13-4-2-12(3-5-13)15-10-14(23-18-15)11-17(16(19)20)6-8-22-9-7-17/h2-5,14H,6-11H2,1H3,(H,19,20)/t14-/m1/s1.